The van der Waals surface area contributed by atoms with E-state index < -0.39 is 4.92 Å². The number of halogens is 1. The predicted molar refractivity (Wildman–Crippen MR) is 61.2 cm³/mol. The maximum absolute atomic E-state index is 10.8. The summed E-state index contributed by atoms with van der Waals surface area (Å²) in [6, 6.07) is 2.62. The number of nitrogens with zero attached hydrogens (tertiary/aromatic N) is 4. The fourth-order valence-electron chi connectivity index (χ4n) is 1.15. The fourth-order valence-corrected chi connectivity index (χ4v) is 1.30. The van der Waals surface area contributed by atoms with Gasteiger partial charge in [-0.2, -0.15) is 0 Å². The summed E-state index contributed by atoms with van der Waals surface area (Å²) in [5, 5.41) is 13.6. The zero-order valence-electron chi connectivity index (χ0n) is 8.37. The van der Waals surface area contributed by atoms with Crippen molar-refractivity contribution in [3.8, 4) is 0 Å². The van der Waals surface area contributed by atoms with Gasteiger partial charge in [0.2, 0.25) is 5.82 Å². The molecule has 2 heterocycles. The number of aromatic nitrogens is 3. The van der Waals surface area contributed by atoms with Gasteiger partial charge in [0.15, 0.2) is 0 Å². The Labute approximate surface area is 101 Å². The summed E-state index contributed by atoms with van der Waals surface area (Å²) in [5.74, 6) is 0.383. The van der Waals surface area contributed by atoms with Crippen molar-refractivity contribution >= 4 is 28.9 Å². The van der Waals surface area contributed by atoms with Crippen LogP contribution in [-0.2, 0) is 0 Å². The SMILES string of the molecule is O=[N+]([O-])c1ccc(Cl)nc1Nc1cnccn1. The van der Waals surface area contributed by atoms with Gasteiger partial charge in [-0.25, -0.2) is 9.97 Å². The van der Waals surface area contributed by atoms with Crippen LogP contribution < -0.4 is 5.32 Å². The lowest BCUT2D eigenvalue weighted by Gasteiger charge is -2.04. The third kappa shape index (κ3) is 2.64. The van der Waals surface area contributed by atoms with Crippen molar-refractivity contribution in [2.75, 3.05) is 5.32 Å². The molecule has 0 radical (unpaired) electrons. The van der Waals surface area contributed by atoms with Gasteiger partial charge in [0.05, 0.1) is 11.1 Å². The average Bonchev–Trinajstić information content (AvgIpc) is 2.30. The summed E-state index contributed by atoms with van der Waals surface area (Å²) in [7, 11) is 0. The van der Waals surface area contributed by atoms with Gasteiger partial charge in [0.1, 0.15) is 11.0 Å². The van der Waals surface area contributed by atoms with Gasteiger partial charge in [-0.15, -0.1) is 0 Å². The Morgan fingerprint density at radius 2 is 2.18 bits per heavy atom. The van der Waals surface area contributed by atoms with Crippen LogP contribution in [0.4, 0.5) is 17.3 Å². The Bertz CT molecular complexity index is 548. The molecular weight excluding hydrogens is 246 g/mol. The average molecular weight is 252 g/mol. The number of hydrogen-bond acceptors (Lipinski definition) is 6. The molecule has 2 rings (SSSR count). The highest BCUT2D eigenvalue weighted by Gasteiger charge is 2.16. The molecule has 0 fully saturated rings. The standard InChI is InChI=1S/C9H6ClN5O2/c10-7-2-1-6(15(16)17)9(13-7)14-8-5-11-3-4-12-8/h1-5H,(H,12,13,14). The van der Waals surface area contributed by atoms with Crippen LogP contribution >= 0.6 is 11.6 Å². The summed E-state index contributed by atoms with van der Waals surface area (Å²) in [6.07, 6.45) is 4.37. The molecule has 0 bridgehead atoms. The third-order valence-corrected chi connectivity index (χ3v) is 2.06. The van der Waals surface area contributed by atoms with Crippen molar-refractivity contribution < 1.29 is 4.92 Å². The van der Waals surface area contributed by atoms with Crippen molar-refractivity contribution in [2.45, 2.75) is 0 Å². The minimum Gasteiger partial charge on any atom is -0.318 e. The highest BCUT2D eigenvalue weighted by Crippen LogP contribution is 2.25. The summed E-state index contributed by atoms with van der Waals surface area (Å²) in [5.41, 5.74) is -0.181. The van der Waals surface area contributed by atoms with Crippen LogP contribution in [-0.4, -0.2) is 19.9 Å². The number of pyridine rings is 1. The van der Waals surface area contributed by atoms with Gasteiger partial charge >= 0.3 is 5.69 Å². The molecule has 0 saturated carbocycles. The Hall–Kier alpha value is -2.28. The molecule has 7 nitrogen and oxygen atoms in total. The first-order valence-corrected chi connectivity index (χ1v) is 4.88. The van der Waals surface area contributed by atoms with Gasteiger partial charge in [0.25, 0.3) is 0 Å². The molecule has 0 aromatic carbocycles. The van der Waals surface area contributed by atoms with E-state index >= 15 is 0 Å². The van der Waals surface area contributed by atoms with Gasteiger partial charge in [-0.05, 0) is 6.07 Å². The highest BCUT2D eigenvalue weighted by molar-refractivity contribution is 6.29. The molecule has 0 unspecified atom stereocenters. The van der Waals surface area contributed by atoms with Crippen LogP contribution in [0.2, 0.25) is 5.15 Å². The highest BCUT2D eigenvalue weighted by atomic mass is 35.5. The van der Waals surface area contributed by atoms with Gasteiger partial charge in [-0.1, -0.05) is 11.6 Å². The van der Waals surface area contributed by atoms with Crippen molar-refractivity contribution in [2.24, 2.45) is 0 Å². The maximum Gasteiger partial charge on any atom is 0.311 e. The van der Waals surface area contributed by atoms with Crippen molar-refractivity contribution in [3.63, 3.8) is 0 Å². The predicted octanol–water partition coefficient (Wildman–Crippen LogP) is 2.18. The number of rotatable bonds is 3. The van der Waals surface area contributed by atoms with E-state index in [1.807, 2.05) is 0 Å². The van der Waals surface area contributed by atoms with Crippen molar-refractivity contribution in [1.29, 1.82) is 0 Å². The number of nitrogens with one attached hydrogen (secondary N) is 1. The summed E-state index contributed by atoms with van der Waals surface area (Å²) in [4.78, 5) is 21.8. The number of hydrogen-bond donors (Lipinski definition) is 1. The molecule has 1 N–H and O–H groups in total. The molecule has 2 aromatic rings. The van der Waals surface area contributed by atoms with E-state index in [1.54, 1.807) is 0 Å². The lowest BCUT2D eigenvalue weighted by molar-refractivity contribution is -0.384. The second-order valence-electron chi connectivity index (χ2n) is 2.97. The van der Waals surface area contributed by atoms with E-state index in [1.165, 1.54) is 30.7 Å². The van der Waals surface area contributed by atoms with Crippen LogP contribution in [0.15, 0.2) is 30.7 Å². The van der Waals surface area contributed by atoms with Crippen LogP contribution in [0.25, 0.3) is 0 Å². The molecule has 0 aliphatic heterocycles. The third-order valence-electron chi connectivity index (χ3n) is 1.85. The molecule has 0 atom stereocenters. The zero-order chi connectivity index (χ0) is 12.3. The van der Waals surface area contributed by atoms with Crippen LogP contribution in [0.5, 0.6) is 0 Å². The quantitative estimate of drug-likeness (QED) is 0.510. The molecule has 0 amide bonds. The first-order valence-electron chi connectivity index (χ1n) is 4.51. The molecule has 86 valence electrons. The first-order chi connectivity index (χ1) is 8.16. The molecule has 0 aliphatic carbocycles. The number of nitro groups is 1. The number of anilines is 2. The lowest BCUT2D eigenvalue weighted by atomic mass is 10.4. The Morgan fingerprint density at radius 3 is 2.82 bits per heavy atom. The van der Waals surface area contributed by atoms with Gasteiger partial charge in [-0.3, -0.25) is 15.1 Å². The topological polar surface area (TPSA) is 93.8 Å². The lowest BCUT2D eigenvalue weighted by Crippen LogP contribution is -2.01. The molecule has 0 saturated heterocycles. The van der Waals surface area contributed by atoms with E-state index in [0.717, 1.165) is 0 Å². The largest absolute Gasteiger partial charge is 0.318 e. The van der Waals surface area contributed by atoms with E-state index in [-0.39, 0.29) is 16.7 Å². The zero-order valence-corrected chi connectivity index (χ0v) is 9.13. The van der Waals surface area contributed by atoms with E-state index in [2.05, 4.69) is 20.3 Å². The molecule has 0 aliphatic rings. The summed E-state index contributed by atoms with van der Waals surface area (Å²) >= 11 is 5.68. The van der Waals surface area contributed by atoms with Gasteiger partial charge in [0, 0.05) is 18.5 Å². The Morgan fingerprint density at radius 1 is 1.35 bits per heavy atom. The van der Waals surface area contributed by atoms with E-state index in [9.17, 15) is 10.1 Å². The van der Waals surface area contributed by atoms with Crippen LogP contribution in [0.3, 0.4) is 0 Å². The second-order valence-corrected chi connectivity index (χ2v) is 3.36. The smallest absolute Gasteiger partial charge is 0.311 e. The molecular formula is C9H6ClN5O2. The van der Waals surface area contributed by atoms with Crippen molar-refractivity contribution in [1.82, 2.24) is 15.0 Å². The molecule has 8 heteroatoms. The van der Waals surface area contributed by atoms with Crippen LogP contribution in [0, 0.1) is 10.1 Å². The monoisotopic (exact) mass is 251 g/mol. The Balaban J connectivity index is 2.37. The molecule has 2 aromatic heterocycles. The summed E-state index contributed by atoms with van der Waals surface area (Å²) in [6.45, 7) is 0. The van der Waals surface area contributed by atoms with E-state index in [0.29, 0.717) is 5.82 Å². The van der Waals surface area contributed by atoms with Crippen LogP contribution in [0.1, 0.15) is 0 Å². The molecule has 0 spiro atoms. The fraction of sp³-hybridized carbons (Fsp3) is 0. The van der Waals surface area contributed by atoms with Crippen molar-refractivity contribution in [3.05, 3.63) is 46.0 Å². The molecule has 17 heavy (non-hydrogen) atoms. The summed E-state index contributed by atoms with van der Waals surface area (Å²) < 4.78 is 0. The second kappa shape index (κ2) is 4.71. The maximum atomic E-state index is 10.8. The van der Waals surface area contributed by atoms with E-state index in [4.69, 9.17) is 11.6 Å². The minimum atomic E-state index is -0.554. The normalized spacial score (nSPS) is 9.94. The minimum absolute atomic E-state index is 0.0306. The van der Waals surface area contributed by atoms with Gasteiger partial charge < -0.3 is 5.32 Å². The Kier molecular flexibility index (Phi) is 3.10. The first kappa shape index (κ1) is 11.2.